The number of fused-ring (bicyclic) bond motifs is 1. The maximum absolute atomic E-state index is 13.4. The first-order valence-corrected chi connectivity index (χ1v) is 12.1. The summed E-state index contributed by atoms with van der Waals surface area (Å²) in [6.07, 6.45) is 4.66. The Morgan fingerprint density at radius 2 is 1.88 bits per heavy atom. The second-order valence-corrected chi connectivity index (χ2v) is 9.90. The van der Waals surface area contributed by atoms with Crippen LogP contribution in [0.1, 0.15) is 36.2 Å². The van der Waals surface area contributed by atoms with Gasteiger partial charge in [0.15, 0.2) is 5.69 Å². The molecule has 1 aliphatic carbocycles. The smallest absolute Gasteiger partial charge is 0.276 e. The quantitative estimate of drug-likeness (QED) is 0.658. The van der Waals surface area contributed by atoms with Gasteiger partial charge < -0.3 is 20.3 Å². The van der Waals surface area contributed by atoms with Crippen LogP contribution in [0.5, 0.6) is 0 Å². The summed E-state index contributed by atoms with van der Waals surface area (Å²) in [6, 6.07) is 7.56. The molecule has 2 saturated heterocycles. The molecule has 1 aromatic carbocycles. The number of rotatable bonds is 6. The normalized spacial score (nSPS) is 25.7. The van der Waals surface area contributed by atoms with E-state index in [1.807, 2.05) is 0 Å². The molecule has 0 spiro atoms. The van der Waals surface area contributed by atoms with Crippen molar-refractivity contribution in [1.82, 2.24) is 15.1 Å². The summed E-state index contributed by atoms with van der Waals surface area (Å²) in [5, 5.41) is 14.5. The Hall–Kier alpha value is -2.29. The van der Waals surface area contributed by atoms with Crippen molar-refractivity contribution in [2.45, 2.75) is 31.7 Å². The lowest BCUT2D eigenvalue weighted by atomic mass is 10.00. The lowest BCUT2D eigenvalue weighted by molar-refractivity contribution is 0.0545. The van der Waals surface area contributed by atoms with Gasteiger partial charge in [0.2, 0.25) is 0 Å². The molecular weight excluding hydrogens is 445 g/mol. The molecule has 5 rings (SSSR count). The lowest BCUT2D eigenvalue weighted by Crippen LogP contribution is -2.32. The van der Waals surface area contributed by atoms with Crippen LogP contribution < -0.4 is 10.6 Å². The van der Waals surface area contributed by atoms with Crippen molar-refractivity contribution in [2.75, 3.05) is 43.5 Å². The Kier molecular flexibility index (Phi) is 6.76. The first-order chi connectivity index (χ1) is 16.0. The molecule has 1 amide bonds. The van der Waals surface area contributed by atoms with Gasteiger partial charge in [-0.1, -0.05) is 11.6 Å². The molecule has 1 unspecified atom stereocenters. The highest BCUT2D eigenvalue weighted by molar-refractivity contribution is 6.33. The van der Waals surface area contributed by atoms with E-state index in [2.05, 4.69) is 25.7 Å². The number of hydrogen-bond donors (Lipinski definition) is 2. The molecule has 9 heteroatoms. The minimum atomic E-state index is -0.485. The van der Waals surface area contributed by atoms with Crippen LogP contribution in [-0.2, 0) is 4.74 Å². The van der Waals surface area contributed by atoms with Gasteiger partial charge in [0.05, 0.1) is 10.7 Å². The molecule has 3 fully saturated rings. The number of anilines is 2. The molecule has 3 atom stereocenters. The Morgan fingerprint density at radius 1 is 1.12 bits per heavy atom. The van der Waals surface area contributed by atoms with Crippen molar-refractivity contribution in [2.24, 2.45) is 17.8 Å². The summed E-state index contributed by atoms with van der Waals surface area (Å²) in [6.45, 7) is 5.42. The van der Waals surface area contributed by atoms with Gasteiger partial charge in [-0.2, -0.15) is 0 Å². The standard InChI is InChI=1S/C24H29ClFN5O2/c25-20-2-1-18(26)11-22(20)28-24(32)21-3-4-23(30-29-21)27-19-9-16-13-31(14-17(16)10-19)12-15-5-7-33-8-6-15/h1-4,11,15-17,19H,5-10,12-14H2,(H,27,30)(H,28,32)/t16-,17+,19?. The average Bonchev–Trinajstić information content (AvgIpc) is 3.35. The zero-order chi connectivity index (χ0) is 22.8. The summed E-state index contributed by atoms with van der Waals surface area (Å²) in [5.41, 5.74) is 0.349. The minimum absolute atomic E-state index is 0.146. The van der Waals surface area contributed by atoms with E-state index >= 15 is 0 Å². The number of aromatic nitrogens is 2. The number of nitrogens with zero attached hydrogens (tertiary/aromatic N) is 3. The summed E-state index contributed by atoms with van der Waals surface area (Å²) >= 11 is 6.01. The second kappa shape index (κ2) is 9.91. The molecular formula is C24H29ClFN5O2. The van der Waals surface area contributed by atoms with Gasteiger partial charge in [0.25, 0.3) is 5.91 Å². The summed E-state index contributed by atoms with van der Waals surface area (Å²) < 4.78 is 18.9. The number of likely N-dealkylation sites (tertiary alicyclic amines) is 1. The molecule has 33 heavy (non-hydrogen) atoms. The first kappa shape index (κ1) is 22.5. The number of benzene rings is 1. The minimum Gasteiger partial charge on any atom is -0.381 e. The molecule has 2 aromatic rings. The van der Waals surface area contributed by atoms with Crippen molar-refractivity contribution >= 4 is 29.0 Å². The number of carbonyl (C=O) groups excluding carboxylic acids is 1. The number of hydrogen-bond acceptors (Lipinski definition) is 6. The van der Waals surface area contributed by atoms with Crippen molar-refractivity contribution in [3.63, 3.8) is 0 Å². The third kappa shape index (κ3) is 5.45. The number of carbonyl (C=O) groups is 1. The van der Waals surface area contributed by atoms with E-state index in [4.69, 9.17) is 16.3 Å². The fraction of sp³-hybridized carbons (Fsp3) is 0.542. The Labute approximate surface area is 198 Å². The third-order valence-corrected chi connectivity index (χ3v) is 7.44. The number of ether oxygens (including phenoxy) is 1. The van der Waals surface area contributed by atoms with Crippen molar-refractivity contribution in [3.05, 3.63) is 46.9 Å². The van der Waals surface area contributed by atoms with E-state index in [0.29, 0.717) is 11.9 Å². The zero-order valence-electron chi connectivity index (χ0n) is 18.5. The fourth-order valence-corrected chi connectivity index (χ4v) is 5.64. The molecule has 1 saturated carbocycles. The maximum atomic E-state index is 13.4. The van der Waals surface area contributed by atoms with E-state index in [-0.39, 0.29) is 16.4 Å². The molecule has 7 nitrogen and oxygen atoms in total. The van der Waals surface area contributed by atoms with E-state index in [0.717, 1.165) is 43.8 Å². The highest BCUT2D eigenvalue weighted by atomic mass is 35.5. The Bertz CT molecular complexity index is 971. The highest BCUT2D eigenvalue weighted by Crippen LogP contribution is 2.39. The van der Waals surface area contributed by atoms with E-state index in [9.17, 15) is 9.18 Å². The predicted molar refractivity (Wildman–Crippen MR) is 125 cm³/mol. The van der Waals surface area contributed by atoms with Crippen molar-refractivity contribution in [1.29, 1.82) is 0 Å². The van der Waals surface area contributed by atoms with Crippen LogP contribution in [0.3, 0.4) is 0 Å². The fourth-order valence-electron chi connectivity index (χ4n) is 5.48. The van der Waals surface area contributed by atoms with Crippen LogP contribution >= 0.6 is 11.6 Å². The van der Waals surface area contributed by atoms with Crippen LogP contribution in [0, 0.1) is 23.6 Å². The van der Waals surface area contributed by atoms with Gasteiger partial charge in [0.1, 0.15) is 11.6 Å². The molecule has 0 bridgehead atoms. The van der Waals surface area contributed by atoms with Gasteiger partial charge >= 0.3 is 0 Å². The second-order valence-electron chi connectivity index (χ2n) is 9.49. The van der Waals surface area contributed by atoms with Crippen LogP contribution in [-0.4, -0.2) is 59.9 Å². The van der Waals surface area contributed by atoms with Crippen LogP contribution in [0.25, 0.3) is 0 Å². The van der Waals surface area contributed by atoms with E-state index in [1.165, 1.54) is 50.7 Å². The van der Waals surface area contributed by atoms with Gasteiger partial charge in [-0.3, -0.25) is 4.79 Å². The molecule has 3 aliphatic rings. The summed E-state index contributed by atoms with van der Waals surface area (Å²) in [4.78, 5) is 15.1. The van der Waals surface area contributed by atoms with Crippen molar-refractivity contribution in [3.8, 4) is 0 Å². The lowest BCUT2D eigenvalue weighted by Gasteiger charge is -2.27. The van der Waals surface area contributed by atoms with Gasteiger partial charge in [-0.25, -0.2) is 4.39 Å². The number of amides is 1. The molecule has 2 aliphatic heterocycles. The topological polar surface area (TPSA) is 79.4 Å². The zero-order valence-corrected chi connectivity index (χ0v) is 19.2. The first-order valence-electron chi connectivity index (χ1n) is 11.7. The van der Waals surface area contributed by atoms with E-state index < -0.39 is 11.7 Å². The maximum Gasteiger partial charge on any atom is 0.276 e. The van der Waals surface area contributed by atoms with Gasteiger partial charge in [-0.15, -0.1) is 10.2 Å². The third-order valence-electron chi connectivity index (χ3n) is 7.11. The molecule has 1 aromatic heterocycles. The molecule has 2 N–H and O–H groups in total. The largest absolute Gasteiger partial charge is 0.381 e. The predicted octanol–water partition coefficient (Wildman–Crippen LogP) is 4.07. The number of nitrogens with one attached hydrogen (secondary N) is 2. The number of halogens is 2. The SMILES string of the molecule is O=C(Nc1cc(F)ccc1Cl)c1ccc(NC2C[C@@H]3CN(CC4CCOCC4)C[C@@H]3C2)nn1. The van der Waals surface area contributed by atoms with Crippen LogP contribution in [0.4, 0.5) is 15.9 Å². The molecule has 0 radical (unpaired) electrons. The summed E-state index contributed by atoms with van der Waals surface area (Å²) in [7, 11) is 0. The monoisotopic (exact) mass is 473 g/mol. The molecule has 3 heterocycles. The van der Waals surface area contributed by atoms with Crippen LogP contribution in [0.15, 0.2) is 30.3 Å². The van der Waals surface area contributed by atoms with Gasteiger partial charge in [-0.05, 0) is 73.8 Å². The Balaban J connectivity index is 1.10. The average molecular weight is 474 g/mol. The van der Waals surface area contributed by atoms with E-state index in [1.54, 1.807) is 12.1 Å². The van der Waals surface area contributed by atoms with Gasteiger partial charge in [0, 0.05) is 38.9 Å². The van der Waals surface area contributed by atoms with Crippen LogP contribution in [0.2, 0.25) is 5.02 Å². The Morgan fingerprint density at radius 3 is 2.58 bits per heavy atom. The van der Waals surface area contributed by atoms with Crippen molar-refractivity contribution < 1.29 is 13.9 Å². The molecule has 176 valence electrons. The highest BCUT2D eigenvalue weighted by Gasteiger charge is 2.41. The summed E-state index contributed by atoms with van der Waals surface area (Å²) in [5.74, 6) is 1.96.